The van der Waals surface area contributed by atoms with Crippen molar-refractivity contribution in [1.29, 1.82) is 0 Å². The lowest BCUT2D eigenvalue weighted by atomic mass is 10.2. The number of hydrogen-bond acceptors (Lipinski definition) is 6. The highest BCUT2D eigenvalue weighted by Crippen LogP contribution is 2.39. The van der Waals surface area contributed by atoms with E-state index in [9.17, 15) is 0 Å². The Morgan fingerprint density at radius 1 is 1.37 bits per heavy atom. The molecule has 0 bridgehead atoms. The molecule has 96 valence electrons. The van der Waals surface area contributed by atoms with E-state index in [-0.39, 0.29) is 0 Å². The Labute approximate surface area is 113 Å². The zero-order valence-corrected chi connectivity index (χ0v) is 10.9. The molecule has 1 aliphatic rings. The van der Waals surface area contributed by atoms with Crippen molar-refractivity contribution >= 4 is 17.4 Å². The number of nitrogens with zero attached hydrogens (tertiary/aromatic N) is 5. The Morgan fingerprint density at radius 2 is 2.37 bits per heavy atom. The molecule has 1 aliphatic heterocycles. The van der Waals surface area contributed by atoms with Gasteiger partial charge in [0, 0.05) is 11.8 Å². The third-order valence-electron chi connectivity index (χ3n) is 3.20. The van der Waals surface area contributed by atoms with E-state index in [1.165, 1.54) is 12.2 Å². The standard InChI is InChI=1S/C12H11N5OS/c1-2-9(19-5-1)12-14-11(16-18-12)8-3-4-10-15-13-7-17(10)6-8/h3-4,6-7,9H,1-2,5H2. The van der Waals surface area contributed by atoms with Crippen LogP contribution in [0.25, 0.3) is 17.0 Å². The molecule has 0 saturated carbocycles. The van der Waals surface area contributed by atoms with E-state index >= 15 is 0 Å². The number of rotatable bonds is 2. The Balaban J connectivity index is 1.70. The minimum atomic E-state index is 0.361. The summed E-state index contributed by atoms with van der Waals surface area (Å²) in [7, 11) is 0. The summed E-state index contributed by atoms with van der Waals surface area (Å²) in [4.78, 5) is 4.50. The van der Waals surface area contributed by atoms with Gasteiger partial charge in [-0.25, -0.2) is 0 Å². The smallest absolute Gasteiger partial charge is 0.240 e. The molecular formula is C12H11N5OS. The second kappa shape index (κ2) is 4.34. The summed E-state index contributed by atoms with van der Waals surface area (Å²) in [5.41, 5.74) is 1.71. The van der Waals surface area contributed by atoms with Crippen LogP contribution in [0, 0.1) is 0 Å². The first-order valence-electron chi connectivity index (χ1n) is 6.15. The molecular weight excluding hydrogens is 262 g/mol. The van der Waals surface area contributed by atoms with E-state index in [4.69, 9.17) is 4.52 Å². The normalized spacial score (nSPS) is 19.3. The Hall–Kier alpha value is -1.89. The minimum Gasteiger partial charge on any atom is -0.338 e. The van der Waals surface area contributed by atoms with Crippen LogP contribution in [0.15, 0.2) is 29.2 Å². The van der Waals surface area contributed by atoms with Crippen LogP contribution < -0.4 is 0 Å². The van der Waals surface area contributed by atoms with E-state index in [1.807, 2.05) is 34.5 Å². The van der Waals surface area contributed by atoms with E-state index in [0.29, 0.717) is 11.1 Å². The van der Waals surface area contributed by atoms with Gasteiger partial charge in [-0.2, -0.15) is 4.98 Å². The first-order chi connectivity index (χ1) is 9.40. The summed E-state index contributed by atoms with van der Waals surface area (Å²) in [6, 6.07) is 3.82. The fraction of sp³-hybridized carbons (Fsp3) is 0.333. The lowest BCUT2D eigenvalue weighted by Gasteiger charge is -1.99. The van der Waals surface area contributed by atoms with Crippen molar-refractivity contribution in [2.45, 2.75) is 18.1 Å². The summed E-state index contributed by atoms with van der Waals surface area (Å²) in [6.07, 6.45) is 5.91. The minimum absolute atomic E-state index is 0.361. The molecule has 1 fully saturated rings. The molecule has 0 amide bonds. The van der Waals surface area contributed by atoms with Gasteiger partial charge in [0.2, 0.25) is 11.7 Å². The van der Waals surface area contributed by atoms with Crippen LogP contribution in [-0.2, 0) is 0 Å². The van der Waals surface area contributed by atoms with Crippen LogP contribution in [0.3, 0.4) is 0 Å². The van der Waals surface area contributed by atoms with Crippen molar-refractivity contribution in [3.63, 3.8) is 0 Å². The SMILES string of the molecule is c1cc2nncn2cc1-c1noc(C2CCCS2)n1. The molecule has 1 saturated heterocycles. The molecule has 0 aliphatic carbocycles. The van der Waals surface area contributed by atoms with Crippen molar-refractivity contribution in [2.75, 3.05) is 5.75 Å². The number of pyridine rings is 1. The van der Waals surface area contributed by atoms with Gasteiger partial charge in [0.05, 0.1) is 5.25 Å². The average Bonchev–Trinajstić information content (AvgIpc) is 3.18. The van der Waals surface area contributed by atoms with Gasteiger partial charge in [-0.3, -0.25) is 4.40 Å². The first-order valence-corrected chi connectivity index (χ1v) is 7.20. The Kier molecular flexibility index (Phi) is 2.51. The zero-order chi connectivity index (χ0) is 12.7. The second-order valence-electron chi connectivity index (χ2n) is 4.47. The molecule has 0 spiro atoms. The molecule has 3 aromatic heterocycles. The lowest BCUT2D eigenvalue weighted by Crippen LogP contribution is -1.90. The highest BCUT2D eigenvalue weighted by atomic mass is 32.2. The second-order valence-corrected chi connectivity index (χ2v) is 5.78. The van der Waals surface area contributed by atoms with Gasteiger partial charge in [-0.05, 0) is 30.7 Å². The molecule has 7 heteroatoms. The maximum absolute atomic E-state index is 5.37. The molecule has 3 aromatic rings. The summed E-state index contributed by atoms with van der Waals surface area (Å²) >= 11 is 1.89. The van der Waals surface area contributed by atoms with Crippen molar-refractivity contribution < 1.29 is 4.52 Å². The molecule has 0 N–H and O–H groups in total. The molecule has 0 radical (unpaired) electrons. The van der Waals surface area contributed by atoms with Crippen LogP contribution in [0.4, 0.5) is 0 Å². The molecule has 4 heterocycles. The van der Waals surface area contributed by atoms with Gasteiger partial charge >= 0.3 is 0 Å². The summed E-state index contributed by atoms with van der Waals surface area (Å²) in [5, 5.41) is 12.2. The highest BCUT2D eigenvalue weighted by Gasteiger charge is 2.24. The first kappa shape index (κ1) is 11.0. The number of aromatic nitrogens is 5. The zero-order valence-electron chi connectivity index (χ0n) is 10.1. The Morgan fingerprint density at radius 3 is 3.26 bits per heavy atom. The van der Waals surface area contributed by atoms with E-state index < -0.39 is 0 Å². The maximum Gasteiger partial charge on any atom is 0.240 e. The Bertz CT molecular complexity index is 716. The van der Waals surface area contributed by atoms with Crippen molar-refractivity contribution in [3.8, 4) is 11.4 Å². The fourth-order valence-electron chi connectivity index (χ4n) is 2.22. The van der Waals surface area contributed by atoms with E-state index in [1.54, 1.807) is 6.33 Å². The van der Waals surface area contributed by atoms with Gasteiger partial charge in [0.15, 0.2) is 5.65 Å². The molecule has 6 nitrogen and oxygen atoms in total. The molecule has 1 unspecified atom stereocenters. The van der Waals surface area contributed by atoms with Gasteiger partial charge in [-0.15, -0.1) is 22.0 Å². The van der Waals surface area contributed by atoms with Crippen LogP contribution in [0.1, 0.15) is 24.0 Å². The molecule has 4 rings (SSSR count). The van der Waals surface area contributed by atoms with Crippen LogP contribution in [0.5, 0.6) is 0 Å². The predicted molar refractivity (Wildman–Crippen MR) is 70.7 cm³/mol. The lowest BCUT2D eigenvalue weighted by molar-refractivity contribution is 0.375. The number of hydrogen-bond donors (Lipinski definition) is 0. The van der Waals surface area contributed by atoms with Gasteiger partial charge in [-0.1, -0.05) is 5.16 Å². The van der Waals surface area contributed by atoms with E-state index in [0.717, 1.165) is 23.5 Å². The number of fused-ring (bicyclic) bond motifs is 1. The van der Waals surface area contributed by atoms with Crippen LogP contribution in [-0.4, -0.2) is 30.5 Å². The largest absolute Gasteiger partial charge is 0.338 e. The van der Waals surface area contributed by atoms with Crippen LogP contribution in [0.2, 0.25) is 0 Å². The highest BCUT2D eigenvalue weighted by molar-refractivity contribution is 7.99. The summed E-state index contributed by atoms with van der Waals surface area (Å²) < 4.78 is 7.22. The topological polar surface area (TPSA) is 69.1 Å². The monoisotopic (exact) mass is 273 g/mol. The van der Waals surface area contributed by atoms with Crippen molar-refractivity contribution in [3.05, 3.63) is 30.5 Å². The van der Waals surface area contributed by atoms with Crippen molar-refractivity contribution in [1.82, 2.24) is 24.7 Å². The fourth-order valence-corrected chi connectivity index (χ4v) is 3.40. The average molecular weight is 273 g/mol. The van der Waals surface area contributed by atoms with E-state index in [2.05, 4.69) is 20.3 Å². The van der Waals surface area contributed by atoms with Gasteiger partial charge in [0.25, 0.3) is 0 Å². The molecule has 19 heavy (non-hydrogen) atoms. The number of thioether (sulfide) groups is 1. The molecule has 1 atom stereocenters. The van der Waals surface area contributed by atoms with Gasteiger partial charge < -0.3 is 4.52 Å². The summed E-state index contributed by atoms with van der Waals surface area (Å²) in [5.74, 6) is 2.54. The van der Waals surface area contributed by atoms with Gasteiger partial charge in [0.1, 0.15) is 6.33 Å². The van der Waals surface area contributed by atoms with Crippen LogP contribution >= 0.6 is 11.8 Å². The van der Waals surface area contributed by atoms with Crippen molar-refractivity contribution in [2.24, 2.45) is 0 Å². The quantitative estimate of drug-likeness (QED) is 0.714. The third-order valence-corrected chi connectivity index (χ3v) is 4.56. The maximum atomic E-state index is 5.37. The predicted octanol–water partition coefficient (Wildman–Crippen LogP) is 2.35. The summed E-state index contributed by atoms with van der Waals surface area (Å²) in [6.45, 7) is 0. The molecule has 0 aromatic carbocycles. The third kappa shape index (κ3) is 1.90.